The zero-order chi connectivity index (χ0) is 13.1. The second kappa shape index (κ2) is 5.14. The predicted molar refractivity (Wildman–Crippen MR) is 68.1 cm³/mol. The van der Waals surface area contributed by atoms with Crippen LogP contribution in [0.5, 0.6) is 11.5 Å². The van der Waals surface area contributed by atoms with Crippen LogP contribution in [0.25, 0.3) is 0 Å². The summed E-state index contributed by atoms with van der Waals surface area (Å²) in [6.45, 7) is 4.15. The summed E-state index contributed by atoms with van der Waals surface area (Å²) in [5.74, 6) is 0.966. The molecule has 2 rings (SSSR count). The molecule has 0 bridgehead atoms. The Morgan fingerprint density at radius 3 is 2.50 bits per heavy atom. The van der Waals surface area contributed by atoms with E-state index in [2.05, 4.69) is 4.98 Å². The molecule has 0 saturated heterocycles. The Kier molecular flexibility index (Phi) is 3.58. The molecule has 0 fully saturated rings. The molecule has 0 aliphatic carbocycles. The number of hydrogen-bond acceptors (Lipinski definition) is 3. The molecule has 0 aliphatic heterocycles. The molecule has 0 radical (unpaired) electrons. The fourth-order valence-electron chi connectivity index (χ4n) is 1.79. The lowest BCUT2D eigenvalue weighted by molar-refractivity contribution is 0.472. The molecule has 18 heavy (non-hydrogen) atoms. The molecule has 2 aromatic rings. The molecule has 1 aromatic carbocycles. The van der Waals surface area contributed by atoms with E-state index in [1.54, 1.807) is 12.1 Å². The van der Waals surface area contributed by atoms with Gasteiger partial charge in [0.25, 0.3) is 0 Å². The largest absolute Gasteiger partial charge is 0.457 e. The number of nitrogens with two attached hydrogens (primary N) is 1. The molecule has 4 heteroatoms. The highest BCUT2D eigenvalue weighted by Crippen LogP contribution is 2.27. The Labute approximate surface area is 105 Å². The van der Waals surface area contributed by atoms with Crippen LogP contribution in [0.15, 0.2) is 30.3 Å². The van der Waals surface area contributed by atoms with E-state index in [1.807, 2.05) is 19.9 Å². The van der Waals surface area contributed by atoms with E-state index in [1.165, 1.54) is 12.1 Å². The van der Waals surface area contributed by atoms with Crippen LogP contribution in [0, 0.1) is 19.7 Å². The van der Waals surface area contributed by atoms with E-state index in [-0.39, 0.29) is 5.82 Å². The topological polar surface area (TPSA) is 48.1 Å². The van der Waals surface area contributed by atoms with Crippen molar-refractivity contribution in [2.24, 2.45) is 5.73 Å². The van der Waals surface area contributed by atoms with Gasteiger partial charge in [-0.2, -0.15) is 0 Å². The molecule has 0 amide bonds. The van der Waals surface area contributed by atoms with E-state index >= 15 is 0 Å². The smallest absolute Gasteiger partial charge is 0.135 e. The van der Waals surface area contributed by atoms with Crippen LogP contribution in [0.2, 0.25) is 0 Å². The van der Waals surface area contributed by atoms with Gasteiger partial charge in [0.05, 0.1) is 0 Å². The predicted octanol–water partition coefficient (Wildman–Crippen LogP) is 3.09. The molecular weight excluding hydrogens is 231 g/mol. The van der Waals surface area contributed by atoms with Crippen LogP contribution in [-0.4, -0.2) is 4.98 Å². The molecular formula is C14H15FN2O. The van der Waals surface area contributed by atoms with Crippen LogP contribution in [-0.2, 0) is 6.54 Å². The monoisotopic (exact) mass is 246 g/mol. The summed E-state index contributed by atoms with van der Waals surface area (Å²) >= 11 is 0. The molecule has 0 spiro atoms. The van der Waals surface area contributed by atoms with Crippen LogP contribution in [0.4, 0.5) is 4.39 Å². The van der Waals surface area contributed by atoms with Crippen molar-refractivity contribution in [2.75, 3.05) is 0 Å². The Hall–Kier alpha value is -1.94. The van der Waals surface area contributed by atoms with E-state index in [0.29, 0.717) is 18.0 Å². The Morgan fingerprint density at radius 2 is 1.89 bits per heavy atom. The average Bonchev–Trinajstić information content (AvgIpc) is 2.32. The maximum Gasteiger partial charge on any atom is 0.135 e. The second-order valence-corrected chi connectivity index (χ2v) is 4.09. The molecule has 1 aromatic heterocycles. The summed E-state index contributed by atoms with van der Waals surface area (Å²) in [5, 5.41) is 0. The molecule has 0 atom stereocenters. The number of halogens is 1. The van der Waals surface area contributed by atoms with E-state index in [4.69, 9.17) is 10.5 Å². The lowest BCUT2D eigenvalue weighted by Crippen LogP contribution is -2.04. The summed E-state index contributed by atoms with van der Waals surface area (Å²) in [6.07, 6.45) is 0. The average molecular weight is 246 g/mol. The highest BCUT2D eigenvalue weighted by Gasteiger charge is 2.09. The van der Waals surface area contributed by atoms with Crippen LogP contribution < -0.4 is 10.5 Å². The Bertz CT molecular complexity index is 552. The van der Waals surface area contributed by atoms with Gasteiger partial charge >= 0.3 is 0 Å². The minimum absolute atomic E-state index is 0.288. The number of ether oxygens (including phenoxy) is 1. The van der Waals surface area contributed by atoms with Gasteiger partial charge in [-0.1, -0.05) is 0 Å². The van der Waals surface area contributed by atoms with Crippen molar-refractivity contribution in [2.45, 2.75) is 20.4 Å². The number of hydrogen-bond donors (Lipinski definition) is 1. The van der Waals surface area contributed by atoms with Gasteiger partial charge < -0.3 is 10.5 Å². The first-order valence-corrected chi connectivity index (χ1v) is 5.70. The third kappa shape index (κ3) is 2.65. The van der Waals surface area contributed by atoms with Gasteiger partial charge in [0.15, 0.2) is 0 Å². The Balaban J connectivity index is 2.36. The van der Waals surface area contributed by atoms with E-state index in [0.717, 1.165) is 17.0 Å². The van der Waals surface area contributed by atoms with Crippen molar-refractivity contribution in [1.29, 1.82) is 0 Å². The third-order valence-corrected chi connectivity index (χ3v) is 2.66. The van der Waals surface area contributed by atoms with Crippen molar-refractivity contribution >= 4 is 0 Å². The van der Waals surface area contributed by atoms with Gasteiger partial charge in [0.1, 0.15) is 17.3 Å². The summed E-state index contributed by atoms with van der Waals surface area (Å²) < 4.78 is 18.5. The second-order valence-electron chi connectivity index (χ2n) is 4.09. The van der Waals surface area contributed by atoms with Crippen molar-refractivity contribution in [3.63, 3.8) is 0 Å². The lowest BCUT2D eigenvalue weighted by atomic mass is 10.1. The van der Waals surface area contributed by atoms with Crippen molar-refractivity contribution < 1.29 is 9.13 Å². The lowest BCUT2D eigenvalue weighted by Gasteiger charge is -2.12. The number of aromatic nitrogens is 1. The van der Waals surface area contributed by atoms with Crippen molar-refractivity contribution in [3.05, 3.63) is 53.1 Å². The SMILES string of the molecule is Cc1cc(Oc2ccc(F)cc2)c(CN)c(C)n1. The first-order valence-electron chi connectivity index (χ1n) is 5.70. The van der Waals surface area contributed by atoms with Gasteiger partial charge in [0.2, 0.25) is 0 Å². The zero-order valence-electron chi connectivity index (χ0n) is 10.4. The highest BCUT2D eigenvalue weighted by molar-refractivity contribution is 5.41. The summed E-state index contributed by atoms with van der Waals surface area (Å²) in [4.78, 5) is 4.34. The first kappa shape index (κ1) is 12.5. The number of pyridine rings is 1. The highest BCUT2D eigenvalue weighted by atomic mass is 19.1. The standard InChI is InChI=1S/C14H15FN2O/c1-9-7-14(13(8-16)10(2)17-9)18-12-5-3-11(15)4-6-12/h3-7H,8,16H2,1-2H3. The first-order chi connectivity index (χ1) is 8.60. The molecule has 1 heterocycles. The van der Waals surface area contributed by atoms with Gasteiger partial charge in [-0.05, 0) is 38.1 Å². The van der Waals surface area contributed by atoms with Gasteiger partial charge in [-0.15, -0.1) is 0 Å². The summed E-state index contributed by atoms with van der Waals surface area (Å²) in [6, 6.07) is 7.72. The van der Waals surface area contributed by atoms with Crippen LogP contribution in [0.1, 0.15) is 17.0 Å². The van der Waals surface area contributed by atoms with Crippen LogP contribution >= 0.6 is 0 Å². The molecule has 0 saturated carbocycles. The number of nitrogens with zero attached hydrogens (tertiary/aromatic N) is 1. The third-order valence-electron chi connectivity index (χ3n) is 2.66. The number of benzene rings is 1. The zero-order valence-corrected chi connectivity index (χ0v) is 10.4. The van der Waals surface area contributed by atoms with Gasteiger partial charge in [-0.3, -0.25) is 4.98 Å². The minimum Gasteiger partial charge on any atom is -0.457 e. The van der Waals surface area contributed by atoms with Crippen molar-refractivity contribution in [1.82, 2.24) is 4.98 Å². The molecule has 0 unspecified atom stereocenters. The van der Waals surface area contributed by atoms with Crippen molar-refractivity contribution in [3.8, 4) is 11.5 Å². The maximum atomic E-state index is 12.8. The normalized spacial score (nSPS) is 10.4. The fraction of sp³-hybridized carbons (Fsp3) is 0.214. The summed E-state index contributed by atoms with van der Waals surface area (Å²) in [7, 11) is 0. The van der Waals surface area contributed by atoms with Gasteiger partial charge in [-0.25, -0.2) is 4.39 Å². The van der Waals surface area contributed by atoms with Crippen LogP contribution in [0.3, 0.4) is 0 Å². The molecule has 94 valence electrons. The van der Waals surface area contributed by atoms with Gasteiger partial charge in [0, 0.05) is 29.6 Å². The fourth-order valence-corrected chi connectivity index (χ4v) is 1.79. The molecule has 2 N–H and O–H groups in total. The number of aryl methyl sites for hydroxylation is 2. The minimum atomic E-state index is -0.288. The Morgan fingerprint density at radius 1 is 1.22 bits per heavy atom. The summed E-state index contributed by atoms with van der Waals surface area (Å²) in [5.41, 5.74) is 8.28. The quantitative estimate of drug-likeness (QED) is 0.905. The van der Waals surface area contributed by atoms with E-state index in [9.17, 15) is 4.39 Å². The number of rotatable bonds is 3. The molecule has 0 aliphatic rings. The van der Waals surface area contributed by atoms with E-state index < -0.39 is 0 Å². The molecule has 3 nitrogen and oxygen atoms in total. The maximum absolute atomic E-state index is 12.8.